The molecule has 0 saturated carbocycles. The summed E-state index contributed by atoms with van der Waals surface area (Å²) >= 11 is 6.11. The molecule has 6 heteroatoms. The Morgan fingerprint density at radius 1 is 1.04 bits per heavy atom. The molecule has 1 aliphatic rings. The first-order valence-corrected chi connectivity index (χ1v) is 8.37. The van der Waals surface area contributed by atoms with Gasteiger partial charge in [0, 0.05) is 5.56 Å². The quantitative estimate of drug-likeness (QED) is 0.752. The van der Waals surface area contributed by atoms with Crippen LogP contribution in [0.5, 0.6) is 0 Å². The minimum absolute atomic E-state index is 0.00609. The van der Waals surface area contributed by atoms with Crippen LogP contribution in [0, 0.1) is 17.1 Å². The topological polar surface area (TPSA) is 42.2 Å². The predicted molar refractivity (Wildman–Crippen MR) is 97.3 cm³/mol. The van der Waals surface area contributed by atoms with Gasteiger partial charge < -0.3 is 9.31 Å². The zero-order chi connectivity index (χ0) is 18.4. The van der Waals surface area contributed by atoms with Gasteiger partial charge in [-0.05, 0) is 56.9 Å². The summed E-state index contributed by atoms with van der Waals surface area (Å²) < 4.78 is 26.6. The SMILES string of the molecule is CC1(C)OB(c2cc(Cl)c(F)c(-c3ccc(C#N)cc3)c2)OC1(C)C. The largest absolute Gasteiger partial charge is 0.494 e. The summed E-state index contributed by atoms with van der Waals surface area (Å²) in [5.74, 6) is -0.508. The lowest BCUT2D eigenvalue weighted by molar-refractivity contribution is 0.00578. The molecule has 0 amide bonds. The van der Waals surface area contributed by atoms with E-state index in [1.807, 2.05) is 33.8 Å². The number of hydrogen-bond donors (Lipinski definition) is 0. The van der Waals surface area contributed by atoms with Crippen molar-refractivity contribution in [1.29, 1.82) is 5.26 Å². The molecule has 1 saturated heterocycles. The maximum Gasteiger partial charge on any atom is 0.494 e. The van der Waals surface area contributed by atoms with Crippen LogP contribution < -0.4 is 5.46 Å². The van der Waals surface area contributed by atoms with Crippen LogP contribution in [0.4, 0.5) is 4.39 Å². The Kier molecular flexibility index (Phi) is 4.41. The fourth-order valence-electron chi connectivity index (χ4n) is 2.66. The van der Waals surface area contributed by atoms with Crippen LogP contribution in [0.2, 0.25) is 5.02 Å². The van der Waals surface area contributed by atoms with E-state index in [1.165, 1.54) is 6.07 Å². The standard InChI is InChI=1S/C19H18BClFNO2/c1-18(2)19(3,4)25-20(24-18)14-9-15(17(22)16(21)10-14)13-7-5-12(11-23)6-8-13/h5-10H,1-4H3. The van der Waals surface area contributed by atoms with Crippen LogP contribution in [0.3, 0.4) is 0 Å². The van der Waals surface area contributed by atoms with Crippen molar-refractivity contribution in [3.63, 3.8) is 0 Å². The maximum atomic E-state index is 14.6. The first-order valence-electron chi connectivity index (χ1n) is 8.00. The van der Waals surface area contributed by atoms with Gasteiger partial charge in [0.2, 0.25) is 0 Å². The first-order chi connectivity index (χ1) is 11.6. The maximum absolute atomic E-state index is 14.6. The number of hydrogen-bond acceptors (Lipinski definition) is 3. The second kappa shape index (κ2) is 6.14. The van der Waals surface area contributed by atoms with Gasteiger partial charge in [0.1, 0.15) is 5.82 Å². The van der Waals surface area contributed by atoms with E-state index in [2.05, 4.69) is 0 Å². The molecule has 1 fully saturated rings. The minimum Gasteiger partial charge on any atom is -0.399 e. The van der Waals surface area contributed by atoms with Crippen molar-refractivity contribution in [1.82, 2.24) is 0 Å². The van der Waals surface area contributed by atoms with Crippen molar-refractivity contribution in [2.75, 3.05) is 0 Å². The summed E-state index contributed by atoms with van der Waals surface area (Å²) in [5.41, 5.74) is 1.17. The smallest absolute Gasteiger partial charge is 0.399 e. The molecule has 0 atom stereocenters. The van der Waals surface area contributed by atoms with Crippen molar-refractivity contribution in [2.24, 2.45) is 0 Å². The Balaban J connectivity index is 2.03. The van der Waals surface area contributed by atoms with Gasteiger partial charge >= 0.3 is 7.12 Å². The number of nitriles is 1. The lowest BCUT2D eigenvalue weighted by atomic mass is 9.77. The summed E-state index contributed by atoms with van der Waals surface area (Å²) in [6, 6.07) is 11.9. The van der Waals surface area contributed by atoms with Crippen molar-refractivity contribution in [3.05, 3.63) is 52.8 Å². The summed E-state index contributed by atoms with van der Waals surface area (Å²) in [6.07, 6.45) is 0. The Bertz CT molecular complexity index is 843. The van der Waals surface area contributed by atoms with Crippen LogP contribution in [0.25, 0.3) is 11.1 Å². The summed E-state index contributed by atoms with van der Waals surface area (Å²) in [7, 11) is -0.625. The monoisotopic (exact) mass is 357 g/mol. The van der Waals surface area contributed by atoms with Gasteiger partial charge in [-0.1, -0.05) is 29.8 Å². The van der Waals surface area contributed by atoms with Crippen molar-refractivity contribution < 1.29 is 13.7 Å². The highest BCUT2D eigenvalue weighted by Crippen LogP contribution is 2.37. The second-order valence-electron chi connectivity index (χ2n) is 7.14. The molecule has 0 radical (unpaired) electrons. The fraction of sp³-hybridized carbons (Fsp3) is 0.316. The highest BCUT2D eigenvalue weighted by Gasteiger charge is 2.51. The molecular weight excluding hydrogens is 339 g/mol. The number of halogens is 2. The van der Waals surface area contributed by atoms with Gasteiger partial charge in [0.25, 0.3) is 0 Å². The molecule has 1 heterocycles. The Morgan fingerprint density at radius 3 is 2.12 bits per heavy atom. The highest BCUT2D eigenvalue weighted by molar-refractivity contribution is 6.62. The molecule has 0 bridgehead atoms. The third kappa shape index (κ3) is 3.18. The Labute approximate surface area is 152 Å². The molecule has 1 aliphatic heterocycles. The number of benzene rings is 2. The van der Waals surface area contributed by atoms with E-state index in [1.54, 1.807) is 30.3 Å². The molecule has 0 spiro atoms. The average Bonchev–Trinajstić information content (AvgIpc) is 2.78. The average molecular weight is 358 g/mol. The van der Waals surface area contributed by atoms with E-state index >= 15 is 0 Å². The molecule has 3 rings (SSSR count). The summed E-state index contributed by atoms with van der Waals surface area (Å²) in [5, 5.41) is 8.91. The van der Waals surface area contributed by atoms with Crippen molar-refractivity contribution >= 4 is 24.2 Å². The van der Waals surface area contributed by atoms with Crippen LogP contribution >= 0.6 is 11.6 Å². The zero-order valence-corrected chi connectivity index (χ0v) is 15.3. The molecule has 2 aromatic rings. The third-order valence-corrected chi connectivity index (χ3v) is 5.18. The van der Waals surface area contributed by atoms with Gasteiger partial charge in [-0.25, -0.2) is 4.39 Å². The lowest BCUT2D eigenvalue weighted by Crippen LogP contribution is -2.41. The predicted octanol–water partition coefficient (Wildman–Crippen LogP) is 4.32. The van der Waals surface area contributed by atoms with E-state index in [0.29, 0.717) is 22.2 Å². The van der Waals surface area contributed by atoms with E-state index in [4.69, 9.17) is 26.2 Å². The first kappa shape index (κ1) is 17.9. The highest BCUT2D eigenvalue weighted by atomic mass is 35.5. The Morgan fingerprint density at radius 2 is 1.60 bits per heavy atom. The van der Waals surface area contributed by atoms with Gasteiger partial charge in [-0.2, -0.15) is 5.26 Å². The van der Waals surface area contributed by atoms with E-state index in [0.717, 1.165) is 0 Å². The molecule has 0 aliphatic carbocycles. The van der Waals surface area contributed by atoms with Crippen molar-refractivity contribution in [3.8, 4) is 17.2 Å². The van der Waals surface area contributed by atoms with E-state index in [9.17, 15) is 4.39 Å². The van der Waals surface area contributed by atoms with E-state index in [-0.39, 0.29) is 5.02 Å². The summed E-state index contributed by atoms with van der Waals surface area (Å²) in [6.45, 7) is 7.83. The normalized spacial score (nSPS) is 18.2. The lowest BCUT2D eigenvalue weighted by Gasteiger charge is -2.32. The molecular formula is C19H18BClFNO2. The van der Waals surface area contributed by atoms with Crippen LogP contribution in [0.15, 0.2) is 36.4 Å². The number of rotatable bonds is 2. The fourth-order valence-corrected chi connectivity index (χ4v) is 2.89. The van der Waals surface area contributed by atoms with Crippen LogP contribution in [-0.2, 0) is 9.31 Å². The van der Waals surface area contributed by atoms with Crippen molar-refractivity contribution in [2.45, 2.75) is 38.9 Å². The van der Waals surface area contributed by atoms with Gasteiger partial charge in [-0.15, -0.1) is 0 Å². The van der Waals surface area contributed by atoms with E-state index < -0.39 is 24.1 Å². The minimum atomic E-state index is -0.625. The zero-order valence-electron chi connectivity index (χ0n) is 14.6. The molecule has 3 nitrogen and oxygen atoms in total. The van der Waals surface area contributed by atoms with Gasteiger partial charge in [0.15, 0.2) is 0 Å². The van der Waals surface area contributed by atoms with Crippen LogP contribution in [0.1, 0.15) is 33.3 Å². The Hall–Kier alpha value is -1.87. The van der Waals surface area contributed by atoms with Gasteiger partial charge in [0.05, 0.1) is 27.9 Å². The molecule has 0 unspecified atom stereocenters. The molecule has 0 N–H and O–H groups in total. The summed E-state index contributed by atoms with van der Waals surface area (Å²) in [4.78, 5) is 0. The molecule has 25 heavy (non-hydrogen) atoms. The third-order valence-electron chi connectivity index (χ3n) is 4.90. The molecule has 2 aromatic carbocycles. The van der Waals surface area contributed by atoms with Crippen LogP contribution in [-0.4, -0.2) is 18.3 Å². The molecule has 0 aromatic heterocycles. The second-order valence-corrected chi connectivity index (χ2v) is 7.55. The van der Waals surface area contributed by atoms with Gasteiger partial charge in [-0.3, -0.25) is 0 Å². The number of nitrogens with zero attached hydrogens (tertiary/aromatic N) is 1. The molecule has 128 valence electrons.